The Morgan fingerprint density at radius 1 is 1.09 bits per heavy atom. The normalized spacial score (nSPS) is 16.5. The van der Waals surface area contributed by atoms with Crippen molar-refractivity contribution in [1.29, 1.82) is 0 Å². The molecule has 1 heterocycles. The fourth-order valence-corrected chi connectivity index (χ4v) is 3.63. The highest BCUT2D eigenvalue weighted by Crippen LogP contribution is 2.31. The van der Waals surface area contributed by atoms with Crippen molar-refractivity contribution in [3.63, 3.8) is 0 Å². The molecule has 2 aromatic rings. The van der Waals surface area contributed by atoms with Crippen LogP contribution in [0.25, 0.3) is 0 Å². The second kappa shape index (κ2) is 5.16. The largest absolute Gasteiger partial charge is 0.374 e. The summed E-state index contributed by atoms with van der Waals surface area (Å²) < 4.78 is 0. The molecule has 0 fully saturated rings. The predicted molar refractivity (Wildman–Crippen MR) is 89.4 cm³/mol. The van der Waals surface area contributed by atoms with Gasteiger partial charge in [0.15, 0.2) is 0 Å². The number of hydrogen-bond donors (Lipinski definition) is 1. The van der Waals surface area contributed by atoms with Crippen LogP contribution in [0.5, 0.6) is 0 Å². The van der Waals surface area contributed by atoms with Gasteiger partial charge in [0.25, 0.3) is 0 Å². The van der Waals surface area contributed by atoms with Crippen molar-refractivity contribution in [2.45, 2.75) is 19.3 Å². The summed E-state index contributed by atoms with van der Waals surface area (Å²) in [4.78, 5) is 14.8. The van der Waals surface area contributed by atoms with Crippen molar-refractivity contribution in [2.24, 2.45) is 5.92 Å². The number of anilines is 2. The van der Waals surface area contributed by atoms with Crippen LogP contribution in [0, 0.1) is 5.92 Å². The molecular formula is C19H20N2O. The number of carbonyl (C=O) groups excluding carboxylic acids is 1. The maximum absolute atomic E-state index is 12.5. The van der Waals surface area contributed by atoms with Gasteiger partial charge in [-0.1, -0.05) is 24.3 Å². The van der Waals surface area contributed by atoms with Gasteiger partial charge < -0.3 is 10.2 Å². The third-order valence-corrected chi connectivity index (χ3v) is 4.90. The number of benzene rings is 2. The number of nitrogens with one attached hydrogen (secondary N) is 1. The zero-order valence-electron chi connectivity index (χ0n) is 12.8. The van der Waals surface area contributed by atoms with E-state index in [1.54, 1.807) is 0 Å². The van der Waals surface area contributed by atoms with Gasteiger partial charge in [-0.05, 0) is 54.2 Å². The van der Waals surface area contributed by atoms with Crippen molar-refractivity contribution >= 4 is 17.3 Å². The van der Waals surface area contributed by atoms with Gasteiger partial charge in [0.05, 0.1) is 0 Å². The molecule has 1 aliphatic heterocycles. The van der Waals surface area contributed by atoms with Gasteiger partial charge in [-0.2, -0.15) is 0 Å². The molecule has 3 nitrogen and oxygen atoms in total. The molecule has 1 aliphatic carbocycles. The second-order valence-electron chi connectivity index (χ2n) is 6.38. The van der Waals surface area contributed by atoms with Crippen molar-refractivity contribution in [3.8, 4) is 0 Å². The third kappa shape index (κ3) is 2.27. The van der Waals surface area contributed by atoms with Crippen molar-refractivity contribution < 1.29 is 4.79 Å². The van der Waals surface area contributed by atoms with Gasteiger partial charge in [0, 0.05) is 30.9 Å². The average Bonchev–Trinajstić information content (AvgIpc) is 3.11. The van der Waals surface area contributed by atoms with Crippen LogP contribution < -0.4 is 10.2 Å². The van der Waals surface area contributed by atoms with Gasteiger partial charge in [-0.15, -0.1) is 0 Å². The van der Waals surface area contributed by atoms with Crippen LogP contribution in [0.15, 0.2) is 42.5 Å². The van der Waals surface area contributed by atoms with Gasteiger partial charge in [0.1, 0.15) is 0 Å². The van der Waals surface area contributed by atoms with Gasteiger partial charge in [0.2, 0.25) is 5.91 Å². The Hall–Kier alpha value is -2.29. The topological polar surface area (TPSA) is 32.3 Å². The highest BCUT2D eigenvalue weighted by molar-refractivity contribution is 5.93. The summed E-state index contributed by atoms with van der Waals surface area (Å²) in [7, 11) is 2.11. The number of carbonyl (C=O) groups is 1. The van der Waals surface area contributed by atoms with Crippen molar-refractivity contribution in [3.05, 3.63) is 59.2 Å². The first kappa shape index (κ1) is 13.4. The van der Waals surface area contributed by atoms with Gasteiger partial charge in [-0.25, -0.2) is 0 Å². The average molecular weight is 292 g/mol. The molecule has 0 bridgehead atoms. The molecule has 0 saturated heterocycles. The molecule has 112 valence electrons. The number of nitrogens with zero attached hydrogens (tertiary/aromatic N) is 1. The Kier molecular flexibility index (Phi) is 3.14. The fourth-order valence-electron chi connectivity index (χ4n) is 3.63. The van der Waals surface area contributed by atoms with E-state index in [9.17, 15) is 4.79 Å². The zero-order chi connectivity index (χ0) is 15.1. The molecule has 1 amide bonds. The summed E-state index contributed by atoms with van der Waals surface area (Å²) in [6.45, 7) is 1.06. The molecule has 2 aliphatic rings. The minimum Gasteiger partial charge on any atom is -0.374 e. The SMILES string of the molecule is CN1CCc2cc(NC(=O)C3Cc4ccccc4C3)ccc21. The monoisotopic (exact) mass is 292 g/mol. The Labute approximate surface area is 131 Å². The lowest BCUT2D eigenvalue weighted by Gasteiger charge is -2.14. The summed E-state index contributed by atoms with van der Waals surface area (Å²) in [5.74, 6) is 0.204. The van der Waals surface area contributed by atoms with Crippen LogP contribution in [-0.2, 0) is 24.1 Å². The number of likely N-dealkylation sites (N-methyl/N-ethyl adjacent to an activating group) is 1. The van der Waals surface area contributed by atoms with E-state index < -0.39 is 0 Å². The number of rotatable bonds is 2. The molecule has 0 spiro atoms. The fraction of sp³-hybridized carbons (Fsp3) is 0.316. The first-order valence-electron chi connectivity index (χ1n) is 7.92. The van der Waals surface area contributed by atoms with E-state index in [0.717, 1.165) is 31.5 Å². The van der Waals surface area contributed by atoms with E-state index in [4.69, 9.17) is 0 Å². The van der Waals surface area contributed by atoms with E-state index in [2.05, 4.69) is 53.7 Å². The highest BCUT2D eigenvalue weighted by atomic mass is 16.1. The van der Waals surface area contributed by atoms with Crippen LogP contribution >= 0.6 is 0 Å². The minimum atomic E-state index is 0.0633. The first-order valence-corrected chi connectivity index (χ1v) is 7.92. The molecule has 0 atom stereocenters. The van der Waals surface area contributed by atoms with Crippen LogP contribution in [0.3, 0.4) is 0 Å². The molecule has 22 heavy (non-hydrogen) atoms. The third-order valence-electron chi connectivity index (χ3n) is 4.90. The lowest BCUT2D eigenvalue weighted by atomic mass is 10.1. The standard InChI is InChI=1S/C19H20N2O/c1-21-9-8-15-12-17(6-7-18(15)21)20-19(22)16-10-13-4-2-3-5-14(13)11-16/h2-7,12,16H,8-11H2,1H3,(H,20,22). The summed E-state index contributed by atoms with van der Waals surface area (Å²) in [6, 6.07) is 14.6. The van der Waals surface area contributed by atoms with E-state index >= 15 is 0 Å². The van der Waals surface area contributed by atoms with Crippen molar-refractivity contribution in [2.75, 3.05) is 23.8 Å². The van der Waals surface area contributed by atoms with Crippen LogP contribution in [0.4, 0.5) is 11.4 Å². The summed E-state index contributed by atoms with van der Waals surface area (Å²) in [5.41, 5.74) is 6.17. The predicted octanol–water partition coefficient (Wildman–Crippen LogP) is 3.03. The summed E-state index contributed by atoms with van der Waals surface area (Å²) in [5, 5.41) is 3.11. The van der Waals surface area contributed by atoms with Crippen LogP contribution in [0.1, 0.15) is 16.7 Å². The Bertz CT molecular complexity index is 713. The quantitative estimate of drug-likeness (QED) is 0.922. The first-order chi connectivity index (χ1) is 10.7. The highest BCUT2D eigenvalue weighted by Gasteiger charge is 2.27. The summed E-state index contributed by atoms with van der Waals surface area (Å²) in [6.07, 6.45) is 2.77. The Balaban J connectivity index is 1.47. The number of fused-ring (bicyclic) bond motifs is 2. The molecule has 0 radical (unpaired) electrons. The summed E-state index contributed by atoms with van der Waals surface area (Å²) >= 11 is 0. The molecule has 0 aromatic heterocycles. The minimum absolute atomic E-state index is 0.0633. The molecule has 2 aromatic carbocycles. The van der Waals surface area contributed by atoms with E-state index in [-0.39, 0.29) is 11.8 Å². The molecule has 4 rings (SSSR count). The van der Waals surface area contributed by atoms with E-state index in [1.807, 2.05) is 6.07 Å². The maximum Gasteiger partial charge on any atom is 0.228 e. The number of amides is 1. The molecule has 1 N–H and O–H groups in total. The van der Waals surface area contributed by atoms with Gasteiger partial charge in [-0.3, -0.25) is 4.79 Å². The molecule has 0 saturated carbocycles. The lowest BCUT2D eigenvalue weighted by molar-refractivity contribution is -0.119. The Morgan fingerprint density at radius 3 is 2.55 bits per heavy atom. The molecule has 3 heteroatoms. The maximum atomic E-state index is 12.5. The lowest BCUT2D eigenvalue weighted by Crippen LogP contribution is -2.23. The zero-order valence-corrected chi connectivity index (χ0v) is 12.8. The van der Waals surface area contributed by atoms with E-state index in [0.29, 0.717) is 0 Å². The number of hydrogen-bond acceptors (Lipinski definition) is 2. The van der Waals surface area contributed by atoms with Gasteiger partial charge >= 0.3 is 0 Å². The smallest absolute Gasteiger partial charge is 0.228 e. The van der Waals surface area contributed by atoms with Crippen LogP contribution in [-0.4, -0.2) is 19.5 Å². The molecular weight excluding hydrogens is 272 g/mol. The second-order valence-corrected chi connectivity index (χ2v) is 6.38. The van der Waals surface area contributed by atoms with Crippen molar-refractivity contribution in [1.82, 2.24) is 0 Å². The molecule has 0 unspecified atom stereocenters. The van der Waals surface area contributed by atoms with Crippen LogP contribution in [0.2, 0.25) is 0 Å². The van der Waals surface area contributed by atoms with E-state index in [1.165, 1.54) is 22.4 Å². The Morgan fingerprint density at radius 2 is 1.82 bits per heavy atom.